The second-order valence-electron chi connectivity index (χ2n) is 1.93. The predicted octanol–water partition coefficient (Wildman–Crippen LogP) is 3.53. The minimum atomic E-state index is -2.82. The molecule has 1 heterocycles. The van der Waals surface area contributed by atoms with Gasteiger partial charge in [-0.2, -0.15) is 0 Å². The third-order valence-corrected chi connectivity index (χ3v) is 3.51. The molecule has 0 radical (unpaired) electrons. The average Bonchev–Trinajstić information content (AvgIpc) is 2.00. The number of rotatable bonds is 1. The topological polar surface area (TPSA) is 12.9 Å². The molecule has 0 spiro atoms. The van der Waals surface area contributed by atoms with Gasteiger partial charge in [0.15, 0.2) is 0 Å². The van der Waals surface area contributed by atoms with Gasteiger partial charge in [0, 0.05) is 6.20 Å². The van der Waals surface area contributed by atoms with Gasteiger partial charge in [-0.05, 0) is 38.5 Å². The third-order valence-electron chi connectivity index (χ3n) is 1.18. The molecule has 0 atom stereocenters. The lowest BCUT2D eigenvalue weighted by atomic mass is 10.3. The Morgan fingerprint density at radius 2 is 2.08 bits per heavy atom. The van der Waals surface area contributed by atoms with E-state index in [1.807, 2.05) is 0 Å². The second kappa shape index (κ2) is 3.91. The van der Waals surface area contributed by atoms with Gasteiger partial charge in [-0.3, -0.25) is 0 Å². The zero-order valence-electron chi connectivity index (χ0n) is 5.49. The summed E-state index contributed by atoms with van der Waals surface area (Å²) >= 11 is 4.54. The van der Waals surface area contributed by atoms with Gasteiger partial charge >= 0.3 is 0 Å². The fourth-order valence-corrected chi connectivity index (χ4v) is 1.34. The zero-order valence-corrected chi connectivity index (χ0v) is 9.24. The van der Waals surface area contributed by atoms with Crippen LogP contribution in [0.4, 0.5) is 13.2 Å². The van der Waals surface area contributed by atoms with Crippen LogP contribution in [0.3, 0.4) is 0 Å². The number of hydrogen-bond donors (Lipinski definition) is 0. The number of nitrogens with zero attached hydrogens (tertiary/aromatic N) is 1. The Bertz CT molecular complexity index is 305. The molecule has 1 nitrogen and oxygen atoms in total. The van der Waals surface area contributed by atoms with Gasteiger partial charge in [0.05, 0.1) is 9.13 Å². The highest BCUT2D eigenvalue weighted by Gasteiger charge is 2.17. The number of hydrogen-bond acceptors (Lipinski definition) is 1. The van der Waals surface area contributed by atoms with Gasteiger partial charge in [0.25, 0.3) is 6.43 Å². The number of alkyl halides is 2. The molecule has 0 bridgehead atoms. The van der Waals surface area contributed by atoms with E-state index in [1.54, 1.807) is 22.6 Å². The summed E-state index contributed by atoms with van der Waals surface area (Å²) in [6.45, 7) is 0. The molecule has 0 N–H and O–H groups in total. The molecule has 0 unspecified atom stereocenters. The molecule has 0 aromatic carbocycles. The first kappa shape index (κ1) is 10.2. The molecule has 6 heteroatoms. The number of aromatic nitrogens is 1. The Balaban J connectivity index is 3.27. The second-order valence-corrected chi connectivity index (χ2v) is 3.76. The highest BCUT2D eigenvalue weighted by Crippen LogP contribution is 2.27. The van der Waals surface area contributed by atoms with Crippen molar-refractivity contribution in [2.24, 2.45) is 0 Å². The van der Waals surface area contributed by atoms with Crippen LogP contribution >= 0.6 is 38.5 Å². The highest BCUT2D eigenvalue weighted by molar-refractivity contribution is 14.1. The summed E-state index contributed by atoms with van der Waals surface area (Å²) in [4.78, 5) is 3.55. The van der Waals surface area contributed by atoms with Crippen molar-refractivity contribution in [2.45, 2.75) is 6.43 Å². The van der Waals surface area contributed by atoms with Crippen LogP contribution in [-0.2, 0) is 0 Å². The van der Waals surface area contributed by atoms with E-state index in [-0.39, 0.29) is 8.17 Å². The predicted molar refractivity (Wildman–Crippen MR) is 49.6 cm³/mol. The van der Waals surface area contributed by atoms with Crippen molar-refractivity contribution < 1.29 is 13.2 Å². The van der Waals surface area contributed by atoms with E-state index < -0.39 is 17.8 Å². The van der Waals surface area contributed by atoms with Gasteiger partial charge in [0.1, 0.15) is 10.4 Å². The molecule has 1 aromatic heterocycles. The van der Waals surface area contributed by atoms with Gasteiger partial charge in [-0.1, -0.05) is 0 Å². The monoisotopic (exact) mass is 351 g/mol. The lowest BCUT2D eigenvalue weighted by Gasteiger charge is -2.03. The van der Waals surface area contributed by atoms with E-state index in [0.29, 0.717) is 0 Å². The van der Waals surface area contributed by atoms with Crippen molar-refractivity contribution in [2.75, 3.05) is 0 Å². The normalized spacial score (nSPS) is 10.8. The summed E-state index contributed by atoms with van der Waals surface area (Å²) in [5.41, 5.74) is -0.664. The number of halogens is 5. The Morgan fingerprint density at radius 1 is 1.50 bits per heavy atom. The van der Waals surface area contributed by atoms with Gasteiger partial charge in [-0.25, -0.2) is 18.2 Å². The maximum Gasteiger partial charge on any atom is 0.268 e. The Kier molecular flexibility index (Phi) is 3.33. The fraction of sp³-hybridized carbons (Fsp3) is 0.167. The summed E-state index contributed by atoms with van der Waals surface area (Å²) in [5, 5.41) is 0. The molecule has 0 aliphatic heterocycles. The third kappa shape index (κ3) is 1.90. The van der Waals surface area contributed by atoms with Crippen molar-refractivity contribution in [3.05, 3.63) is 25.8 Å². The van der Waals surface area contributed by atoms with E-state index in [0.717, 1.165) is 6.20 Å². The molecule has 0 saturated carbocycles. The maximum atomic E-state index is 13.0. The molecule has 66 valence electrons. The summed E-state index contributed by atoms with van der Waals surface area (Å²) < 4.78 is 37.4. The minimum absolute atomic E-state index is 0.0744. The number of pyridine rings is 1. The van der Waals surface area contributed by atoms with E-state index in [2.05, 4.69) is 20.9 Å². The molecule has 1 rings (SSSR count). The summed E-state index contributed by atoms with van der Waals surface area (Å²) in [7, 11) is 0. The van der Waals surface area contributed by atoms with Crippen molar-refractivity contribution in [1.29, 1.82) is 0 Å². The van der Waals surface area contributed by atoms with Gasteiger partial charge in [0.2, 0.25) is 0 Å². The van der Waals surface area contributed by atoms with Crippen LogP contribution in [0.1, 0.15) is 12.0 Å². The molecule has 0 aliphatic rings. The quantitative estimate of drug-likeness (QED) is 0.557. The van der Waals surface area contributed by atoms with Crippen LogP contribution in [0, 0.1) is 9.39 Å². The van der Waals surface area contributed by atoms with E-state index in [4.69, 9.17) is 0 Å². The van der Waals surface area contributed by atoms with Crippen molar-refractivity contribution in [3.63, 3.8) is 0 Å². The molecular formula is C6H2BrF3IN. The van der Waals surface area contributed by atoms with Crippen molar-refractivity contribution in [3.8, 4) is 0 Å². The Morgan fingerprint density at radius 3 is 2.58 bits per heavy atom. The van der Waals surface area contributed by atoms with Crippen LogP contribution in [0.5, 0.6) is 0 Å². The van der Waals surface area contributed by atoms with E-state index >= 15 is 0 Å². The van der Waals surface area contributed by atoms with Gasteiger partial charge in [-0.15, -0.1) is 0 Å². The largest absolute Gasteiger partial charge is 0.268 e. The lowest BCUT2D eigenvalue weighted by molar-refractivity contribution is 0.145. The van der Waals surface area contributed by atoms with Crippen LogP contribution in [0.25, 0.3) is 0 Å². The van der Waals surface area contributed by atoms with Crippen molar-refractivity contribution >= 4 is 38.5 Å². The molecular weight excluding hydrogens is 350 g/mol. The highest BCUT2D eigenvalue weighted by atomic mass is 127. The lowest BCUT2D eigenvalue weighted by Crippen LogP contribution is -1.96. The molecule has 0 amide bonds. The van der Waals surface area contributed by atoms with E-state index in [9.17, 15) is 13.2 Å². The van der Waals surface area contributed by atoms with E-state index in [1.165, 1.54) is 0 Å². The smallest absolute Gasteiger partial charge is 0.248 e. The molecule has 1 aromatic rings. The molecule has 0 aliphatic carbocycles. The first-order valence-electron chi connectivity index (χ1n) is 2.81. The van der Waals surface area contributed by atoms with Crippen molar-refractivity contribution in [1.82, 2.24) is 4.98 Å². The summed E-state index contributed by atoms with van der Waals surface area (Å²) in [6, 6.07) is 0. The van der Waals surface area contributed by atoms with Crippen LogP contribution < -0.4 is 0 Å². The molecule has 0 fully saturated rings. The minimum Gasteiger partial charge on any atom is -0.248 e. The Hall–Kier alpha value is 0.150. The van der Waals surface area contributed by atoms with Crippen LogP contribution in [0.2, 0.25) is 0 Å². The SMILES string of the molecule is Fc1c(C(F)F)cnc(Br)c1I. The van der Waals surface area contributed by atoms with Gasteiger partial charge < -0.3 is 0 Å². The first-order chi connectivity index (χ1) is 5.54. The summed E-state index contributed by atoms with van der Waals surface area (Å²) in [6.07, 6.45) is -1.99. The standard InChI is InChI=1S/C6H2BrF3IN/c7-5-4(11)3(8)2(1-12-5)6(9)10/h1,6H. The fourth-order valence-electron chi connectivity index (χ4n) is 0.609. The van der Waals surface area contributed by atoms with Crippen LogP contribution in [-0.4, -0.2) is 4.98 Å². The zero-order chi connectivity index (χ0) is 9.30. The average molecular weight is 352 g/mol. The molecule has 0 saturated heterocycles. The first-order valence-corrected chi connectivity index (χ1v) is 4.68. The summed E-state index contributed by atoms with van der Waals surface area (Å²) in [5.74, 6) is -0.910. The Labute approximate surface area is 88.6 Å². The van der Waals surface area contributed by atoms with Crippen LogP contribution in [0.15, 0.2) is 10.8 Å². The molecule has 12 heavy (non-hydrogen) atoms. The maximum absolute atomic E-state index is 13.0.